The first-order chi connectivity index (χ1) is 18.8. The van der Waals surface area contributed by atoms with Crippen LogP contribution in [0.5, 0.6) is 0 Å². The van der Waals surface area contributed by atoms with Crippen LogP contribution in [0.1, 0.15) is 26.9 Å². The highest BCUT2D eigenvalue weighted by Gasteiger charge is 2.32. The number of carbonyl (C=O) groups is 2. The number of amides is 2. The van der Waals surface area contributed by atoms with Gasteiger partial charge >= 0.3 is 0 Å². The standard InChI is InChI=1S/C29H24BrN3O4S2/c30-23-10-12-25(13-11-23)32-39(36,37)26-16-14-24(15-17-26)31-28(35)21-6-8-22(9-7-21)29-33(27(34)19-38-29)18-20-4-2-1-3-5-20/h1-17,29,32H,18-19H2,(H,31,35)/t29-/m1/s1. The summed E-state index contributed by atoms with van der Waals surface area (Å²) in [5, 5.41) is 2.69. The Labute approximate surface area is 239 Å². The fourth-order valence-electron chi connectivity index (χ4n) is 4.13. The van der Waals surface area contributed by atoms with Crippen LogP contribution in [0.4, 0.5) is 11.4 Å². The van der Waals surface area contributed by atoms with Gasteiger partial charge in [-0.15, -0.1) is 11.8 Å². The average Bonchev–Trinajstić information content (AvgIpc) is 3.30. The summed E-state index contributed by atoms with van der Waals surface area (Å²) in [5.74, 6) is 0.194. The zero-order chi connectivity index (χ0) is 27.4. The maximum Gasteiger partial charge on any atom is 0.261 e. The molecule has 0 aromatic heterocycles. The number of hydrogen-bond acceptors (Lipinski definition) is 5. The highest BCUT2D eigenvalue weighted by molar-refractivity contribution is 9.10. The van der Waals surface area contributed by atoms with Gasteiger partial charge in [0.1, 0.15) is 5.37 Å². The minimum atomic E-state index is -3.77. The van der Waals surface area contributed by atoms with Gasteiger partial charge in [0.05, 0.1) is 10.6 Å². The molecule has 1 fully saturated rings. The normalized spacial score (nSPS) is 15.3. The zero-order valence-corrected chi connectivity index (χ0v) is 23.8. The summed E-state index contributed by atoms with van der Waals surface area (Å²) in [4.78, 5) is 27.3. The summed E-state index contributed by atoms with van der Waals surface area (Å²) in [6, 6.07) is 29.8. The topological polar surface area (TPSA) is 95.6 Å². The average molecular weight is 623 g/mol. The summed E-state index contributed by atoms with van der Waals surface area (Å²) >= 11 is 4.89. The fourth-order valence-corrected chi connectivity index (χ4v) is 6.64. The third-order valence-corrected chi connectivity index (χ3v) is 9.32. The van der Waals surface area contributed by atoms with Crippen LogP contribution in [-0.4, -0.2) is 30.9 Å². The molecule has 0 radical (unpaired) electrons. The summed E-state index contributed by atoms with van der Waals surface area (Å²) in [5.41, 5.74) is 3.39. The molecular formula is C29H24BrN3O4S2. The number of thioether (sulfide) groups is 1. The summed E-state index contributed by atoms with van der Waals surface area (Å²) in [7, 11) is -3.77. The molecule has 1 aliphatic rings. The van der Waals surface area contributed by atoms with Gasteiger partial charge in [-0.3, -0.25) is 14.3 Å². The van der Waals surface area contributed by atoms with E-state index in [4.69, 9.17) is 0 Å². The van der Waals surface area contributed by atoms with Gasteiger partial charge in [0, 0.05) is 28.0 Å². The highest BCUT2D eigenvalue weighted by Crippen LogP contribution is 2.39. The molecule has 2 N–H and O–H groups in total. The zero-order valence-electron chi connectivity index (χ0n) is 20.6. The minimum Gasteiger partial charge on any atom is -0.322 e. The molecule has 198 valence electrons. The van der Waals surface area contributed by atoms with Crippen LogP contribution in [-0.2, 0) is 21.4 Å². The van der Waals surface area contributed by atoms with E-state index in [1.165, 1.54) is 12.1 Å². The van der Waals surface area contributed by atoms with Crippen molar-refractivity contribution in [2.45, 2.75) is 16.8 Å². The second-order valence-corrected chi connectivity index (χ2v) is 12.6. The molecule has 7 nitrogen and oxygen atoms in total. The maximum absolute atomic E-state index is 12.8. The molecule has 5 rings (SSSR count). The number of nitrogens with zero attached hydrogens (tertiary/aromatic N) is 1. The SMILES string of the molecule is O=C(Nc1ccc(S(=O)(=O)Nc2ccc(Br)cc2)cc1)c1ccc([C@H]2SCC(=O)N2Cc2ccccc2)cc1. The Morgan fingerprint density at radius 3 is 2.18 bits per heavy atom. The lowest BCUT2D eigenvalue weighted by Gasteiger charge is -2.24. The van der Waals surface area contributed by atoms with Crippen LogP contribution in [0.3, 0.4) is 0 Å². The third kappa shape index (κ3) is 6.52. The van der Waals surface area contributed by atoms with Crippen molar-refractivity contribution in [3.05, 3.63) is 124 Å². The summed E-state index contributed by atoms with van der Waals surface area (Å²) in [6.45, 7) is 0.532. The largest absolute Gasteiger partial charge is 0.322 e. The number of sulfonamides is 1. The Morgan fingerprint density at radius 2 is 1.51 bits per heavy atom. The second kappa shape index (κ2) is 11.6. The molecule has 1 heterocycles. The Kier molecular flexibility index (Phi) is 8.06. The Balaban J connectivity index is 1.22. The smallest absolute Gasteiger partial charge is 0.261 e. The van der Waals surface area contributed by atoms with Crippen LogP contribution < -0.4 is 10.0 Å². The van der Waals surface area contributed by atoms with Gasteiger partial charge in [0.25, 0.3) is 15.9 Å². The molecule has 1 saturated heterocycles. The van der Waals surface area contributed by atoms with Crippen molar-refractivity contribution in [3.63, 3.8) is 0 Å². The number of rotatable bonds is 8. The van der Waals surface area contributed by atoms with Crippen molar-refractivity contribution >= 4 is 60.9 Å². The molecule has 39 heavy (non-hydrogen) atoms. The van der Waals surface area contributed by atoms with Crippen molar-refractivity contribution < 1.29 is 18.0 Å². The van der Waals surface area contributed by atoms with Crippen molar-refractivity contribution in [3.8, 4) is 0 Å². The predicted octanol–water partition coefficient (Wildman–Crippen LogP) is 6.28. The number of halogens is 1. The van der Waals surface area contributed by atoms with Crippen LogP contribution in [0.25, 0.3) is 0 Å². The minimum absolute atomic E-state index is 0.0800. The van der Waals surface area contributed by atoms with Gasteiger partial charge in [-0.1, -0.05) is 58.4 Å². The first-order valence-corrected chi connectivity index (χ1v) is 15.4. The van der Waals surface area contributed by atoms with E-state index in [1.807, 2.05) is 47.4 Å². The molecule has 1 atom stereocenters. The van der Waals surface area contributed by atoms with E-state index in [-0.39, 0.29) is 22.1 Å². The predicted molar refractivity (Wildman–Crippen MR) is 158 cm³/mol. The van der Waals surface area contributed by atoms with Gasteiger partial charge in [-0.2, -0.15) is 0 Å². The van der Waals surface area contributed by atoms with Crippen LogP contribution in [0, 0.1) is 0 Å². The highest BCUT2D eigenvalue weighted by atomic mass is 79.9. The Bertz CT molecular complexity index is 1580. The van der Waals surface area contributed by atoms with Gasteiger partial charge in [0.2, 0.25) is 5.91 Å². The van der Waals surface area contributed by atoms with Gasteiger partial charge in [-0.25, -0.2) is 8.42 Å². The van der Waals surface area contributed by atoms with E-state index in [9.17, 15) is 18.0 Å². The van der Waals surface area contributed by atoms with Gasteiger partial charge in [0.15, 0.2) is 0 Å². The molecular weight excluding hydrogens is 598 g/mol. The molecule has 0 unspecified atom stereocenters. The second-order valence-electron chi connectivity index (χ2n) is 8.88. The van der Waals surface area contributed by atoms with Crippen molar-refractivity contribution in [1.29, 1.82) is 0 Å². The van der Waals surface area contributed by atoms with Crippen molar-refractivity contribution in [2.24, 2.45) is 0 Å². The van der Waals surface area contributed by atoms with E-state index in [0.717, 1.165) is 15.6 Å². The molecule has 2 amide bonds. The molecule has 0 saturated carbocycles. The van der Waals surface area contributed by atoms with Crippen LogP contribution in [0.2, 0.25) is 0 Å². The van der Waals surface area contributed by atoms with Crippen molar-refractivity contribution in [2.75, 3.05) is 15.8 Å². The lowest BCUT2D eigenvalue weighted by molar-refractivity contribution is -0.128. The van der Waals surface area contributed by atoms with E-state index in [2.05, 4.69) is 26.0 Å². The summed E-state index contributed by atoms with van der Waals surface area (Å²) in [6.07, 6.45) is 0. The maximum atomic E-state index is 12.8. The van der Waals surface area contributed by atoms with Crippen LogP contribution >= 0.6 is 27.7 Å². The van der Waals surface area contributed by atoms with E-state index < -0.39 is 10.0 Å². The number of hydrogen-bond donors (Lipinski definition) is 2. The molecule has 10 heteroatoms. The molecule has 0 bridgehead atoms. The molecule has 0 aliphatic carbocycles. The number of carbonyl (C=O) groups excluding carboxylic acids is 2. The van der Waals surface area contributed by atoms with Crippen molar-refractivity contribution in [1.82, 2.24) is 4.90 Å². The monoisotopic (exact) mass is 621 g/mol. The number of nitrogens with one attached hydrogen (secondary N) is 2. The molecule has 4 aromatic carbocycles. The first kappa shape index (κ1) is 27.0. The molecule has 0 spiro atoms. The van der Waals surface area contributed by atoms with E-state index in [1.54, 1.807) is 60.3 Å². The lowest BCUT2D eigenvalue weighted by Crippen LogP contribution is -2.27. The van der Waals surface area contributed by atoms with Gasteiger partial charge < -0.3 is 10.2 Å². The number of benzene rings is 4. The van der Waals surface area contributed by atoms with E-state index >= 15 is 0 Å². The quantitative estimate of drug-likeness (QED) is 0.241. The molecule has 1 aliphatic heterocycles. The number of anilines is 2. The third-order valence-electron chi connectivity index (χ3n) is 6.14. The fraction of sp³-hybridized carbons (Fsp3) is 0.103. The van der Waals surface area contributed by atoms with Crippen LogP contribution in [0.15, 0.2) is 112 Å². The Morgan fingerprint density at radius 1 is 0.872 bits per heavy atom. The molecule has 4 aromatic rings. The van der Waals surface area contributed by atoms with E-state index in [0.29, 0.717) is 29.2 Å². The summed E-state index contributed by atoms with van der Waals surface area (Å²) < 4.78 is 28.8. The first-order valence-electron chi connectivity index (χ1n) is 12.0. The lowest BCUT2D eigenvalue weighted by atomic mass is 10.1. The Hall–Kier alpha value is -3.60. The van der Waals surface area contributed by atoms with Gasteiger partial charge in [-0.05, 0) is 71.8 Å².